The van der Waals surface area contributed by atoms with E-state index in [4.69, 9.17) is 33.7 Å². The number of esters is 1. The van der Waals surface area contributed by atoms with Crippen molar-refractivity contribution >= 4 is 35.0 Å². The first-order chi connectivity index (χ1) is 9.51. The van der Waals surface area contributed by atoms with Gasteiger partial charge in [0.2, 0.25) is 0 Å². The highest BCUT2D eigenvalue weighted by atomic mass is 35.5. The van der Waals surface area contributed by atoms with E-state index >= 15 is 0 Å². The molecule has 1 aromatic heterocycles. The molecule has 0 atom stereocenters. The van der Waals surface area contributed by atoms with Gasteiger partial charge in [-0.15, -0.1) is 0 Å². The van der Waals surface area contributed by atoms with Gasteiger partial charge in [0.15, 0.2) is 5.82 Å². The molecule has 104 valence electrons. The molecule has 0 radical (unpaired) electrons. The molecule has 0 amide bonds. The number of ether oxygens (including phenoxy) is 1. The Bertz CT molecular complexity index is 642. The van der Waals surface area contributed by atoms with E-state index in [0.29, 0.717) is 21.4 Å². The number of carbonyl (C=O) groups is 1. The molecular formula is C13H11Cl2N3O2. The topological polar surface area (TPSA) is 78.1 Å². The summed E-state index contributed by atoms with van der Waals surface area (Å²) in [7, 11) is 0. The monoisotopic (exact) mass is 311 g/mol. The third kappa shape index (κ3) is 3.18. The lowest BCUT2D eigenvalue weighted by molar-refractivity contribution is 0.0527. The van der Waals surface area contributed by atoms with E-state index in [0.717, 1.165) is 0 Å². The van der Waals surface area contributed by atoms with Gasteiger partial charge in [-0.3, -0.25) is 0 Å². The van der Waals surface area contributed by atoms with Gasteiger partial charge in [-0.2, -0.15) is 0 Å². The number of carbonyl (C=O) groups excluding carboxylic acids is 1. The van der Waals surface area contributed by atoms with Crippen molar-refractivity contribution in [2.45, 2.75) is 6.92 Å². The Hall–Kier alpha value is -1.85. The molecule has 0 bridgehead atoms. The molecule has 2 N–H and O–H groups in total. The number of nitrogens with zero attached hydrogens (tertiary/aromatic N) is 2. The minimum absolute atomic E-state index is 0.0459. The molecule has 2 aromatic rings. The summed E-state index contributed by atoms with van der Waals surface area (Å²) in [5.41, 5.74) is 6.49. The molecule has 0 aliphatic carbocycles. The van der Waals surface area contributed by atoms with E-state index in [-0.39, 0.29) is 18.0 Å². The third-order valence-corrected chi connectivity index (χ3v) is 2.87. The number of rotatable bonds is 3. The first-order valence-corrected chi connectivity index (χ1v) is 6.53. The maximum atomic E-state index is 11.6. The fourth-order valence-electron chi connectivity index (χ4n) is 1.58. The lowest BCUT2D eigenvalue weighted by atomic mass is 10.2. The Morgan fingerprint density at radius 1 is 1.30 bits per heavy atom. The highest BCUT2D eigenvalue weighted by Gasteiger charge is 2.14. The van der Waals surface area contributed by atoms with Gasteiger partial charge < -0.3 is 10.5 Å². The van der Waals surface area contributed by atoms with Crippen LogP contribution in [0.3, 0.4) is 0 Å². The van der Waals surface area contributed by atoms with Gasteiger partial charge in [0.1, 0.15) is 11.4 Å². The summed E-state index contributed by atoms with van der Waals surface area (Å²) in [6.07, 6.45) is 1.32. The van der Waals surface area contributed by atoms with Crippen LogP contribution in [0.4, 0.5) is 5.82 Å². The maximum Gasteiger partial charge on any atom is 0.343 e. The summed E-state index contributed by atoms with van der Waals surface area (Å²) >= 11 is 11.8. The van der Waals surface area contributed by atoms with Gasteiger partial charge in [0, 0.05) is 21.8 Å². The van der Waals surface area contributed by atoms with Crippen molar-refractivity contribution < 1.29 is 9.53 Å². The number of benzene rings is 1. The van der Waals surface area contributed by atoms with Crippen LogP contribution < -0.4 is 5.73 Å². The van der Waals surface area contributed by atoms with Crippen LogP contribution in [0.1, 0.15) is 17.3 Å². The summed E-state index contributed by atoms with van der Waals surface area (Å²) < 4.78 is 4.85. The zero-order valence-corrected chi connectivity index (χ0v) is 12.1. The Labute approximate surface area is 125 Å². The molecule has 7 heteroatoms. The molecule has 1 aromatic carbocycles. The Morgan fingerprint density at radius 2 is 1.95 bits per heavy atom. The van der Waals surface area contributed by atoms with Gasteiger partial charge in [-0.05, 0) is 25.1 Å². The minimum Gasteiger partial charge on any atom is -0.462 e. The van der Waals surface area contributed by atoms with Gasteiger partial charge in [-0.25, -0.2) is 14.8 Å². The van der Waals surface area contributed by atoms with Crippen LogP contribution in [0.5, 0.6) is 0 Å². The second-order valence-electron chi connectivity index (χ2n) is 3.87. The largest absolute Gasteiger partial charge is 0.462 e. The first kappa shape index (κ1) is 14.6. The number of aromatic nitrogens is 2. The summed E-state index contributed by atoms with van der Waals surface area (Å²) in [4.78, 5) is 19.8. The first-order valence-electron chi connectivity index (χ1n) is 5.77. The number of hydrogen-bond donors (Lipinski definition) is 1. The van der Waals surface area contributed by atoms with E-state index < -0.39 is 5.97 Å². The highest BCUT2D eigenvalue weighted by molar-refractivity contribution is 6.35. The molecule has 0 aliphatic rings. The number of halogens is 2. The van der Waals surface area contributed by atoms with Crippen LogP contribution in [0.25, 0.3) is 11.4 Å². The lowest BCUT2D eigenvalue weighted by Crippen LogP contribution is -2.10. The van der Waals surface area contributed by atoms with E-state index in [2.05, 4.69) is 9.97 Å². The van der Waals surface area contributed by atoms with Crippen LogP contribution in [0, 0.1) is 0 Å². The molecule has 2 rings (SSSR count). The second kappa shape index (κ2) is 6.07. The van der Waals surface area contributed by atoms with Gasteiger partial charge >= 0.3 is 5.97 Å². The fraction of sp³-hybridized carbons (Fsp3) is 0.154. The van der Waals surface area contributed by atoms with Crippen molar-refractivity contribution in [1.82, 2.24) is 9.97 Å². The molecule has 0 saturated heterocycles. The summed E-state index contributed by atoms with van der Waals surface area (Å²) in [5.74, 6) is -0.176. The molecule has 0 spiro atoms. The van der Waals surface area contributed by atoms with E-state index in [1.54, 1.807) is 25.1 Å². The second-order valence-corrected chi connectivity index (χ2v) is 4.74. The standard InChI is InChI=1S/C13H11Cl2N3O2/c1-2-20-13(19)10-6-17-12(18-11(10)16)7-3-8(14)5-9(15)4-7/h3-6H,2H2,1H3,(H2,16,17,18). The van der Waals surface area contributed by atoms with Crippen LogP contribution in [0.2, 0.25) is 10.0 Å². The molecular weight excluding hydrogens is 301 g/mol. The van der Waals surface area contributed by atoms with Crippen LogP contribution in [-0.2, 0) is 4.74 Å². The number of nitrogen functional groups attached to an aromatic ring is 1. The van der Waals surface area contributed by atoms with E-state index in [1.165, 1.54) is 6.20 Å². The SMILES string of the molecule is CCOC(=O)c1cnc(-c2cc(Cl)cc(Cl)c2)nc1N. The van der Waals surface area contributed by atoms with E-state index in [1.807, 2.05) is 0 Å². The van der Waals surface area contributed by atoms with Crippen LogP contribution in [-0.4, -0.2) is 22.5 Å². The number of anilines is 1. The molecule has 0 unspecified atom stereocenters. The van der Waals surface area contributed by atoms with Crippen LogP contribution >= 0.6 is 23.2 Å². The smallest absolute Gasteiger partial charge is 0.343 e. The Balaban J connectivity index is 2.40. The van der Waals surface area contributed by atoms with E-state index in [9.17, 15) is 4.79 Å². The molecule has 20 heavy (non-hydrogen) atoms. The number of nitrogens with two attached hydrogens (primary N) is 1. The quantitative estimate of drug-likeness (QED) is 0.881. The highest BCUT2D eigenvalue weighted by Crippen LogP contribution is 2.25. The van der Waals surface area contributed by atoms with Crippen molar-refractivity contribution in [2.24, 2.45) is 0 Å². The molecule has 0 saturated carbocycles. The Morgan fingerprint density at radius 3 is 2.50 bits per heavy atom. The van der Waals surface area contributed by atoms with Gasteiger partial charge in [-0.1, -0.05) is 23.2 Å². The predicted octanol–water partition coefficient (Wildman–Crippen LogP) is 3.21. The molecule has 0 fully saturated rings. The van der Waals surface area contributed by atoms with Crippen molar-refractivity contribution in [3.8, 4) is 11.4 Å². The number of hydrogen-bond acceptors (Lipinski definition) is 5. The van der Waals surface area contributed by atoms with Crippen molar-refractivity contribution in [2.75, 3.05) is 12.3 Å². The lowest BCUT2D eigenvalue weighted by Gasteiger charge is -2.07. The summed E-state index contributed by atoms with van der Waals surface area (Å²) in [5, 5.41) is 0.924. The molecule has 0 aliphatic heterocycles. The maximum absolute atomic E-state index is 11.6. The summed E-state index contributed by atoms with van der Waals surface area (Å²) in [6, 6.07) is 4.92. The zero-order chi connectivity index (χ0) is 14.7. The third-order valence-electron chi connectivity index (χ3n) is 2.43. The van der Waals surface area contributed by atoms with Gasteiger partial charge in [0.05, 0.1) is 6.61 Å². The normalized spacial score (nSPS) is 10.3. The van der Waals surface area contributed by atoms with Crippen LogP contribution in [0.15, 0.2) is 24.4 Å². The molecule has 1 heterocycles. The average molecular weight is 312 g/mol. The zero-order valence-electron chi connectivity index (χ0n) is 10.6. The van der Waals surface area contributed by atoms with Gasteiger partial charge in [0.25, 0.3) is 0 Å². The molecule has 5 nitrogen and oxygen atoms in total. The minimum atomic E-state index is -0.555. The summed E-state index contributed by atoms with van der Waals surface area (Å²) in [6.45, 7) is 1.96. The van der Waals surface area contributed by atoms with Crippen molar-refractivity contribution in [1.29, 1.82) is 0 Å². The average Bonchev–Trinajstić information content (AvgIpc) is 2.37. The van der Waals surface area contributed by atoms with Crippen molar-refractivity contribution in [3.63, 3.8) is 0 Å². The Kier molecular flexibility index (Phi) is 4.42. The fourth-order valence-corrected chi connectivity index (χ4v) is 2.11. The predicted molar refractivity (Wildman–Crippen MR) is 77.9 cm³/mol. The van der Waals surface area contributed by atoms with Crippen molar-refractivity contribution in [3.05, 3.63) is 40.0 Å².